The molecule has 0 aromatic heterocycles. The van der Waals surface area contributed by atoms with Gasteiger partial charge in [0.05, 0.1) is 11.5 Å². The van der Waals surface area contributed by atoms with Crippen LogP contribution in [0.2, 0.25) is 0 Å². The second-order valence-corrected chi connectivity index (χ2v) is 6.83. The summed E-state index contributed by atoms with van der Waals surface area (Å²) >= 11 is 0. The number of ether oxygens (including phenoxy) is 1. The van der Waals surface area contributed by atoms with E-state index in [-0.39, 0.29) is 9.80 Å². The van der Waals surface area contributed by atoms with Crippen LogP contribution in [-0.4, -0.2) is 15.0 Å². The summed E-state index contributed by atoms with van der Waals surface area (Å²) in [6.45, 7) is 4.17. The fourth-order valence-corrected chi connectivity index (χ4v) is 3.19. The van der Waals surface area contributed by atoms with Crippen molar-refractivity contribution in [2.45, 2.75) is 18.7 Å². The van der Waals surface area contributed by atoms with Crippen molar-refractivity contribution in [3.8, 4) is 11.8 Å². The molecule has 2 rings (SSSR count). The molecule has 0 amide bonds. The molecule has 0 atom stereocenters. The van der Waals surface area contributed by atoms with Gasteiger partial charge in [-0.05, 0) is 38.1 Å². The van der Waals surface area contributed by atoms with Gasteiger partial charge in [-0.3, -0.25) is 0 Å². The monoisotopic (exact) mass is 327 g/mol. The Labute approximate surface area is 136 Å². The lowest BCUT2D eigenvalue weighted by Gasteiger charge is -2.08. The largest absolute Gasteiger partial charge is 0.493 e. The minimum Gasteiger partial charge on any atom is -0.493 e. The zero-order valence-corrected chi connectivity index (χ0v) is 13.8. The lowest BCUT2D eigenvalue weighted by atomic mass is 10.2. The number of rotatable bonds is 5. The van der Waals surface area contributed by atoms with Crippen molar-refractivity contribution in [1.29, 1.82) is 5.26 Å². The fourth-order valence-electron chi connectivity index (χ4n) is 2.04. The molecule has 118 valence electrons. The molecule has 0 aliphatic heterocycles. The molecule has 0 radical (unpaired) electrons. The Hall–Kier alpha value is -2.58. The van der Waals surface area contributed by atoms with Crippen LogP contribution >= 0.6 is 0 Å². The molecular formula is C18H17NO3S. The Bertz CT molecular complexity index is 860. The molecule has 2 aromatic carbocycles. The molecule has 2 aromatic rings. The second kappa shape index (κ2) is 7.12. The van der Waals surface area contributed by atoms with Crippen LogP contribution in [-0.2, 0) is 9.84 Å². The van der Waals surface area contributed by atoms with Gasteiger partial charge in [0.15, 0.2) is 0 Å². The van der Waals surface area contributed by atoms with Crippen molar-refractivity contribution < 1.29 is 13.2 Å². The van der Waals surface area contributed by atoms with E-state index in [0.717, 1.165) is 5.56 Å². The zero-order valence-electron chi connectivity index (χ0n) is 13.0. The van der Waals surface area contributed by atoms with Gasteiger partial charge in [0.25, 0.3) is 0 Å². The van der Waals surface area contributed by atoms with Gasteiger partial charge in [-0.15, -0.1) is 0 Å². The Morgan fingerprint density at radius 3 is 2.43 bits per heavy atom. The third-order valence-corrected chi connectivity index (χ3v) is 4.92. The van der Waals surface area contributed by atoms with Gasteiger partial charge < -0.3 is 4.74 Å². The molecule has 0 bridgehead atoms. The smallest absolute Gasteiger partial charge is 0.216 e. The third-order valence-electron chi connectivity index (χ3n) is 3.24. The van der Waals surface area contributed by atoms with Gasteiger partial charge in [-0.2, -0.15) is 5.26 Å². The summed E-state index contributed by atoms with van der Waals surface area (Å²) in [7, 11) is -3.85. The summed E-state index contributed by atoms with van der Waals surface area (Å²) in [5.74, 6) is 0.543. The second-order valence-electron chi connectivity index (χ2n) is 4.91. The van der Waals surface area contributed by atoms with Crippen molar-refractivity contribution in [2.75, 3.05) is 6.61 Å². The van der Waals surface area contributed by atoms with Crippen LogP contribution in [0.4, 0.5) is 0 Å². The van der Waals surface area contributed by atoms with Crippen LogP contribution in [0.15, 0.2) is 58.3 Å². The molecule has 0 unspecified atom stereocenters. The number of sulfone groups is 1. The van der Waals surface area contributed by atoms with Crippen LogP contribution in [0.3, 0.4) is 0 Å². The Balaban J connectivity index is 2.51. The average Bonchev–Trinajstić information content (AvgIpc) is 2.54. The maximum absolute atomic E-state index is 12.6. The van der Waals surface area contributed by atoms with E-state index in [9.17, 15) is 13.7 Å². The van der Waals surface area contributed by atoms with Gasteiger partial charge in [0.1, 0.15) is 16.7 Å². The van der Waals surface area contributed by atoms with Crippen molar-refractivity contribution in [3.63, 3.8) is 0 Å². The predicted octanol–water partition coefficient (Wildman–Crippen LogP) is 3.73. The van der Waals surface area contributed by atoms with Gasteiger partial charge in [0, 0.05) is 5.56 Å². The average molecular weight is 327 g/mol. The molecular weight excluding hydrogens is 310 g/mol. The van der Waals surface area contributed by atoms with Gasteiger partial charge in [0.2, 0.25) is 9.84 Å². The van der Waals surface area contributed by atoms with Crippen LogP contribution in [0.1, 0.15) is 18.1 Å². The molecule has 23 heavy (non-hydrogen) atoms. The lowest BCUT2D eigenvalue weighted by Crippen LogP contribution is -2.04. The minimum absolute atomic E-state index is 0.102. The highest BCUT2D eigenvalue weighted by atomic mass is 32.2. The van der Waals surface area contributed by atoms with Crippen molar-refractivity contribution in [3.05, 3.63) is 64.6 Å². The lowest BCUT2D eigenvalue weighted by molar-refractivity contribution is 0.339. The van der Waals surface area contributed by atoms with E-state index in [0.29, 0.717) is 17.9 Å². The number of hydrogen-bond donors (Lipinski definition) is 0. The number of benzene rings is 2. The first-order valence-corrected chi connectivity index (χ1v) is 8.62. The molecule has 0 fully saturated rings. The maximum atomic E-state index is 12.6. The topological polar surface area (TPSA) is 67.2 Å². The number of nitriles is 1. The van der Waals surface area contributed by atoms with Crippen LogP contribution in [0.5, 0.6) is 5.75 Å². The summed E-state index contributed by atoms with van der Waals surface area (Å²) in [6.07, 6.45) is 1.35. The highest BCUT2D eigenvalue weighted by Crippen LogP contribution is 2.25. The highest BCUT2D eigenvalue weighted by molar-refractivity contribution is 7.95. The SMILES string of the molecule is CCOc1ccccc1/C=C(\C#N)S(=O)(=O)c1ccc(C)cc1. The zero-order chi connectivity index (χ0) is 16.9. The van der Waals surface area contributed by atoms with Gasteiger partial charge in [-0.25, -0.2) is 8.42 Å². The van der Waals surface area contributed by atoms with E-state index in [1.807, 2.05) is 13.8 Å². The van der Waals surface area contributed by atoms with Crippen LogP contribution in [0, 0.1) is 18.3 Å². The number of allylic oxidation sites excluding steroid dienone is 1. The third kappa shape index (κ3) is 3.79. The van der Waals surface area contributed by atoms with Gasteiger partial charge in [-0.1, -0.05) is 35.9 Å². The van der Waals surface area contributed by atoms with Crippen LogP contribution < -0.4 is 4.74 Å². The summed E-state index contributed by atoms with van der Waals surface area (Å²) in [5, 5.41) is 9.32. The molecule has 0 N–H and O–H groups in total. The summed E-state index contributed by atoms with van der Waals surface area (Å²) in [6, 6.07) is 15.2. The van der Waals surface area contributed by atoms with E-state index in [2.05, 4.69) is 0 Å². The van der Waals surface area contributed by atoms with Crippen molar-refractivity contribution in [2.24, 2.45) is 0 Å². The molecule has 0 saturated heterocycles. The molecule has 0 aliphatic carbocycles. The molecule has 5 heteroatoms. The number of hydrogen-bond acceptors (Lipinski definition) is 4. The number of aryl methyl sites for hydroxylation is 1. The Kier molecular flexibility index (Phi) is 5.20. The number of nitrogens with zero attached hydrogens (tertiary/aromatic N) is 1. The maximum Gasteiger partial charge on any atom is 0.216 e. The molecule has 0 spiro atoms. The quantitative estimate of drug-likeness (QED) is 0.785. The predicted molar refractivity (Wildman–Crippen MR) is 89.6 cm³/mol. The first-order valence-electron chi connectivity index (χ1n) is 7.14. The minimum atomic E-state index is -3.85. The Morgan fingerprint density at radius 1 is 1.17 bits per heavy atom. The first-order chi connectivity index (χ1) is 11.0. The van der Waals surface area contributed by atoms with E-state index in [1.54, 1.807) is 42.5 Å². The number of para-hydroxylation sites is 1. The summed E-state index contributed by atoms with van der Waals surface area (Å²) in [4.78, 5) is -0.210. The Morgan fingerprint density at radius 2 is 1.83 bits per heavy atom. The first kappa shape index (κ1) is 16.8. The highest BCUT2D eigenvalue weighted by Gasteiger charge is 2.21. The van der Waals surface area contributed by atoms with Crippen molar-refractivity contribution >= 4 is 15.9 Å². The van der Waals surface area contributed by atoms with Crippen LogP contribution in [0.25, 0.3) is 6.08 Å². The van der Waals surface area contributed by atoms with E-state index in [4.69, 9.17) is 4.74 Å². The molecule has 0 aliphatic rings. The normalized spacial score (nSPS) is 11.8. The van der Waals surface area contributed by atoms with E-state index >= 15 is 0 Å². The van der Waals surface area contributed by atoms with Crippen molar-refractivity contribution in [1.82, 2.24) is 0 Å². The fraction of sp³-hybridized carbons (Fsp3) is 0.167. The molecule has 0 saturated carbocycles. The summed E-state index contributed by atoms with van der Waals surface area (Å²) < 4.78 is 30.7. The molecule has 0 heterocycles. The van der Waals surface area contributed by atoms with Gasteiger partial charge >= 0.3 is 0 Å². The molecule has 4 nitrogen and oxygen atoms in total. The van der Waals surface area contributed by atoms with E-state index in [1.165, 1.54) is 18.2 Å². The van der Waals surface area contributed by atoms with E-state index < -0.39 is 9.84 Å². The standard InChI is InChI=1S/C18H17NO3S/c1-3-22-18-7-5-4-6-15(18)12-17(13-19)23(20,21)16-10-8-14(2)9-11-16/h4-12H,3H2,1-2H3/b17-12+. The summed E-state index contributed by atoms with van der Waals surface area (Å²) in [5.41, 5.74) is 1.51.